The normalized spacial score (nSPS) is 11.6. The van der Waals surface area contributed by atoms with Crippen LogP contribution in [0.25, 0.3) is 0 Å². The van der Waals surface area contributed by atoms with E-state index in [-0.39, 0.29) is 0 Å². The third-order valence-corrected chi connectivity index (χ3v) is 11.9. The van der Waals surface area contributed by atoms with Crippen molar-refractivity contribution in [1.82, 2.24) is 0 Å². The molecule has 1 rings (SSSR count). The lowest BCUT2D eigenvalue weighted by Gasteiger charge is -2.27. The SMILES string of the molecule is CC[Si](CC)(CC)CC[Si]c1ccc(OC)cc1. The largest absolute Gasteiger partial charge is 0.497 e. The van der Waals surface area contributed by atoms with Gasteiger partial charge in [0.25, 0.3) is 0 Å². The fraction of sp³-hybridized carbons (Fsp3) is 0.600. The molecule has 100 valence electrons. The Bertz CT molecular complexity index is 323. The number of ether oxygens (including phenoxy) is 1. The second-order valence-corrected chi connectivity index (χ2v) is 12.0. The smallest absolute Gasteiger partial charge is 0.118 e. The van der Waals surface area contributed by atoms with Crippen molar-refractivity contribution >= 4 is 22.8 Å². The number of hydrogen-bond donors (Lipinski definition) is 0. The van der Waals surface area contributed by atoms with Crippen LogP contribution < -0.4 is 9.92 Å². The average molecular weight is 279 g/mol. The van der Waals surface area contributed by atoms with Gasteiger partial charge in [-0.2, -0.15) is 0 Å². The van der Waals surface area contributed by atoms with E-state index in [4.69, 9.17) is 4.74 Å². The standard InChI is InChI=1S/C15H26OSi2/c1-5-18(6-2,7-3)13-12-17-15-10-8-14(16-4)9-11-15/h8-11H,5-7,12-13H2,1-4H3. The van der Waals surface area contributed by atoms with Gasteiger partial charge in [-0.25, -0.2) is 0 Å². The van der Waals surface area contributed by atoms with Gasteiger partial charge in [0, 0.05) is 0 Å². The zero-order valence-corrected chi connectivity index (χ0v) is 14.3. The van der Waals surface area contributed by atoms with Crippen LogP contribution in [0, 0.1) is 0 Å². The second-order valence-electron chi connectivity index (χ2n) is 4.97. The lowest BCUT2D eigenvalue weighted by molar-refractivity contribution is 0.415. The van der Waals surface area contributed by atoms with Crippen molar-refractivity contribution < 1.29 is 4.74 Å². The summed E-state index contributed by atoms with van der Waals surface area (Å²) in [5.74, 6) is 0.961. The summed E-state index contributed by atoms with van der Waals surface area (Å²) < 4.78 is 5.19. The van der Waals surface area contributed by atoms with Crippen molar-refractivity contribution in [2.75, 3.05) is 7.11 Å². The third kappa shape index (κ3) is 4.28. The zero-order chi connectivity index (χ0) is 13.4. The molecule has 0 saturated heterocycles. The number of benzene rings is 1. The van der Waals surface area contributed by atoms with Crippen LogP contribution >= 0.6 is 0 Å². The van der Waals surface area contributed by atoms with Crippen LogP contribution in [0.3, 0.4) is 0 Å². The van der Waals surface area contributed by atoms with Crippen LogP contribution in [-0.4, -0.2) is 24.7 Å². The molecule has 0 saturated carbocycles. The summed E-state index contributed by atoms with van der Waals surface area (Å²) in [6.07, 6.45) is 0. The molecule has 1 nitrogen and oxygen atoms in total. The Labute approximate surface area is 116 Å². The summed E-state index contributed by atoms with van der Waals surface area (Å²) in [6.45, 7) is 7.20. The third-order valence-electron chi connectivity index (χ3n) is 4.32. The molecule has 0 amide bonds. The molecule has 1 aromatic carbocycles. The quantitative estimate of drug-likeness (QED) is 0.654. The topological polar surface area (TPSA) is 9.23 Å². The maximum Gasteiger partial charge on any atom is 0.118 e. The van der Waals surface area contributed by atoms with Gasteiger partial charge in [-0.05, 0) is 12.1 Å². The van der Waals surface area contributed by atoms with E-state index in [0.29, 0.717) is 0 Å². The van der Waals surface area contributed by atoms with Gasteiger partial charge in [0.05, 0.1) is 24.7 Å². The Morgan fingerprint density at radius 1 is 1.00 bits per heavy atom. The van der Waals surface area contributed by atoms with Gasteiger partial charge >= 0.3 is 0 Å². The maximum atomic E-state index is 5.19. The van der Waals surface area contributed by atoms with Gasteiger partial charge in [0.15, 0.2) is 0 Å². The monoisotopic (exact) mass is 278 g/mol. The van der Waals surface area contributed by atoms with E-state index in [1.165, 1.54) is 35.4 Å². The minimum Gasteiger partial charge on any atom is -0.497 e. The molecule has 0 aromatic heterocycles. The Morgan fingerprint density at radius 2 is 1.56 bits per heavy atom. The number of hydrogen-bond acceptors (Lipinski definition) is 1. The number of methoxy groups -OCH3 is 1. The highest BCUT2D eigenvalue weighted by molar-refractivity contribution is 6.80. The van der Waals surface area contributed by atoms with Crippen molar-refractivity contribution in [3.05, 3.63) is 24.3 Å². The highest BCUT2D eigenvalue weighted by atomic mass is 28.3. The van der Waals surface area contributed by atoms with Gasteiger partial charge in [-0.15, -0.1) is 0 Å². The van der Waals surface area contributed by atoms with E-state index in [1.807, 2.05) is 0 Å². The molecule has 0 spiro atoms. The Kier molecular flexibility index (Phi) is 6.72. The second kappa shape index (κ2) is 7.79. The van der Waals surface area contributed by atoms with Gasteiger partial charge in [-0.1, -0.05) is 68.3 Å². The fourth-order valence-corrected chi connectivity index (χ4v) is 8.33. The van der Waals surface area contributed by atoms with E-state index in [1.54, 1.807) is 7.11 Å². The van der Waals surface area contributed by atoms with Crippen molar-refractivity contribution in [2.24, 2.45) is 0 Å². The van der Waals surface area contributed by atoms with E-state index in [9.17, 15) is 0 Å². The fourth-order valence-electron chi connectivity index (χ4n) is 2.46. The summed E-state index contributed by atoms with van der Waals surface area (Å²) in [5.41, 5.74) is 0. The molecule has 0 heterocycles. The molecular formula is C15H26OSi2. The predicted octanol–water partition coefficient (Wildman–Crippen LogP) is 3.95. The summed E-state index contributed by atoms with van der Waals surface area (Å²) in [7, 11) is 1.78. The summed E-state index contributed by atoms with van der Waals surface area (Å²) >= 11 is 0. The lowest BCUT2D eigenvalue weighted by Crippen LogP contribution is -2.32. The maximum absolute atomic E-state index is 5.19. The average Bonchev–Trinajstić information content (AvgIpc) is 2.45. The van der Waals surface area contributed by atoms with E-state index in [0.717, 1.165) is 15.3 Å². The molecule has 3 heteroatoms. The minimum absolute atomic E-state index is 0.907. The Hall–Kier alpha value is -0.546. The molecule has 0 atom stereocenters. The van der Waals surface area contributed by atoms with E-state index >= 15 is 0 Å². The zero-order valence-electron chi connectivity index (χ0n) is 12.3. The van der Waals surface area contributed by atoms with Crippen LogP contribution in [0.1, 0.15) is 20.8 Å². The highest BCUT2D eigenvalue weighted by Gasteiger charge is 2.25. The Balaban J connectivity index is 2.44. The van der Waals surface area contributed by atoms with Gasteiger partial charge in [0.2, 0.25) is 0 Å². The molecule has 18 heavy (non-hydrogen) atoms. The van der Waals surface area contributed by atoms with Gasteiger partial charge in [-0.3, -0.25) is 0 Å². The molecule has 0 bridgehead atoms. The molecule has 0 aliphatic heterocycles. The predicted molar refractivity (Wildman–Crippen MR) is 85.2 cm³/mol. The van der Waals surface area contributed by atoms with Crippen molar-refractivity contribution in [3.63, 3.8) is 0 Å². The van der Waals surface area contributed by atoms with Crippen LogP contribution in [0.2, 0.25) is 30.2 Å². The first-order valence-electron chi connectivity index (χ1n) is 7.07. The molecule has 0 fully saturated rings. The molecule has 0 aliphatic rings. The van der Waals surface area contributed by atoms with Crippen molar-refractivity contribution in [1.29, 1.82) is 0 Å². The Morgan fingerprint density at radius 3 is 2.00 bits per heavy atom. The number of rotatable bonds is 8. The van der Waals surface area contributed by atoms with Crippen molar-refractivity contribution in [3.8, 4) is 5.75 Å². The first-order valence-corrected chi connectivity index (χ1v) is 11.1. The van der Waals surface area contributed by atoms with Crippen LogP contribution in [-0.2, 0) is 0 Å². The summed E-state index contributed by atoms with van der Waals surface area (Å²) in [6, 6.07) is 15.8. The van der Waals surface area contributed by atoms with Gasteiger partial charge < -0.3 is 4.74 Å². The molecular weight excluding hydrogens is 252 g/mol. The van der Waals surface area contributed by atoms with E-state index in [2.05, 4.69) is 45.0 Å². The first kappa shape index (κ1) is 15.5. The lowest BCUT2D eigenvalue weighted by atomic mass is 10.3. The molecule has 0 unspecified atom stereocenters. The minimum atomic E-state index is -0.907. The molecule has 1 aromatic rings. The molecule has 0 aliphatic carbocycles. The van der Waals surface area contributed by atoms with Gasteiger partial charge in [0.1, 0.15) is 5.75 Å². The van der Waals surface area contributed by atoms with Crippen LogP contribution in [0.4, 0.5) is 0 Å². The van der Waals surface area contributed by atoms with Crippen molar-refractivity contribution in [2.45, 2.75) is 51.0 Å². The molecule has 0 N–H and O–H groups in total. The van der Waals surface area contributed by atoms with E-state index < -0.39 is 8.07 Å². The summed E-state index contributed by atoms with van der Waals surface area (Å²) in [4.78, 5) is 0. The summed E-state index contributed by atoms with van der Waals surface area (Å²) in [5, 5.41) is 1.47. The highest BCUT2D eigenvalue weighted by Crippen LogP contribution is 2.26. The molecule has 2 radical (unpaired) electrons. The van der Waals surface area contributed by atoms with Crippen LogP contribution in [0.5, 0.6) is 5.75 Å². The first-order chi connectivity index (χ1) is 8.69. The van der Waals surface area contributed by atoms with Crippen LogP contribution in [0.15, 0.2) is 24.3 Å².